The molecule has 2 heterocycles. The average molecular weight is 523 g/mol. The second kappa shape index (κ2) is 12.4. The van der Waals surface area contributed by atoms with Gasteiger partial charge in [-0.25, -0.2) is 0 Å². The molecule has 2 aromatic heterocycles. The van der Waals surface area contributed by atoms with Gasteiger partial charge in [-0.3, -0.25) is 9.36 Å². The third-order valence-electron chi connectivity index (χ3n) is 5.94. The molecule has 0 radical (unpaired) electrons. The zero-order chi connectivity index (χ0) is 25.5. The van der Waals surface area contributed by atoms with Crippen molar-refractivity contribution in [2.24, 2.45) is 0 Å². The SMILES string of the molecule is CCN(CC)CCCCNc1nnc2cc(-c3c(Cl)c(OC)cc(OC)c3Cl)c(=O)n(CC)c2n1. The lowest BCUT2D eigenvalue weighted by Crippen LogP contribution is -2.24. The first kappa shape index (κ1) is 27.0. The molecule has 190 valence electrons. The van der Waals surface area contributed by atoms with E-state index in [0.29, 0.717) is 40.7 Å². The number of aromatic nitrogens is 4. The third kappa shape index (κ3) is 5.79. The largest absolute Gasteiger partial charge is 0.495 e. The van der Waals surface area contributed by atoms with Crippen LogP contribution < -0.4 is 20.3 Å². The van der Waals surface area contributed by atoms with Crippen molar-refractivity contribution in [3.8, 4) is 22.6 Å². The van der Waals surface area contributed by atoms with E-state index in [-0.39, 0.29) is 21.2 Å². The number of aryl methyl sites for hydroxylation is 1. The molecule has 0 aliphatic rings. The zero-order valence-corrected chi connectivity index (χ0v) is 22.3. The first-order chi connectivity index (χ1) is 16.9. The minimum Gasteiger partial charge on any atom is -0.495 e. The number of halogens is 2. The maximum atomic E-state index is 13.5. The van der Waals surface area contributed by atoms with Gasteiger partial charge >= 0.3 is 0 Å². The molecule has 11 heteroatoms. The number of benzene rings is 1. The van der Waals surface area contributed by atoms with Crippen LogP contribution in [-0.2, 0) is 6.54 Å². The summed E-state index contributed by atoms with van der Waals surface area (Å²) in [5.41, 5.74) is 1.16. The van der Waals surface area contributed by atoms with Crippen molar-refractivity contribution in [3.05, 3.63) is 32.5 Å². The predicted molar refractivity (Wildman–Crippen MR) is 141 cm³/mol. The van der Waals surface area contributed by atoms with Gasteiger partial charge in [-0.15, -0.1) is 10.2 Å². The lowest BCUT2D eigenvalue weighted by molar-refractivity contribution is 0.298. The lowest BCUT2D eigenvalue weighted by atomic mass is 10.1. The fourth-order valence-electron chi connectivity index (χ4n) is 3.93. The van der Waals surface area contributed by atoms with Gasteiger partial charge in [0.2, 0.25) is 5.95 Å². The Labute approximate surface area is 215 Å². The molecule has 3 aromatic rings. The molecule has 0 unspecified atom stereocenters. The van der Waals surface area contributed by atoms with Crippen LogP contribution in [0.4, 0.5) is 5.95 Å². The topological polar surface area (TPSA) is 94.4 Å². The number of nitrogens with one attached hydrogen (secondary N) is 1. The van der Waals surface area contributed by atoms with E-state index in [1.54, 1.807) is 12.1 Å². The molecule has 0 aliphatic heterocycles. The normalized spacial score (nSPS) is 11.3. The van der Waals surface area contributed by atoms with Crippen LogP contribution in [0.2, 0.25) is 10.0 Å². The van der Waals surface area contributed by atoms with E-state index in [1.165, 1.54) is 18.8 Å². The zero-order valence-electron chi connectivity index (χ0n) is 20.8. The van der Waals surface area contributed by atoms with Crippen LogP contribution in [0.5, 0.6) is 11.5 Å². The van der Waals surface area contributed by atoms with Crippen LogP contribution >= 0.6 is 23.2 Å². The summed E-state index contributed by atoms with van der Waals surface area (Å²) >= 11 is 13.1. The Kier molecular flexibility index (Phi) is 9.54. The van der Waals surface area contributed by atoms with Crippen molar-refractivity contribution in [2.75, 3.05) is 45.7 Å². The van der Waals surface area contributed by atoms with E-state index >= 15 is 0 Å². The number of rotatable bonds is 12. The molecule has 1 aromatic carbocycles. The number of hydrogen-bond donors (Lipinski definition) is 1. The minimum absolute atomic E-state index is 0.210. The Morgan fingerprint density at radius 3 is 2.23 bits per heavy atom. The molecular formula is C24H32Cl2N6O3. The van der Waals surface area contributed by atoms with E-state index in [4.69, 9.17) is 32.7 Å². The van der Waals surface area contributed by atoms with Gasteiger partial charge in [0.15, 0.2) is 5.65 Å². The van der Waals surface area contributed by atoms with Crippen LogP contribution in [0.25, 0.3) is 22.3 Å². The van der Waals surface area contributed by atoms with Gasteiger partial charge in [0, 0.05) is 24.7 Å². The van der Waals surface area contributed by atoms with Crippen LogP contribution in [0.1, 0.15) is 33.6 Å². The third-order valence-corrected chi connectivity index (χ3v) is 6.69. The summed E-state index contributed by atoms with van der Waals surface area (Å²) in [6.45, 7) is 10.5. The Morgan fingerprint density at radius 2 is 1.66 bits per heavy atom. The van der Waals surface area contributed by atoms with E-state index in [1.807, 2.05) is 6.92 Å². The van der Waals surface area contributed by atoms with Crippen LogP contribution in [-0.4, -0.2) is 65.0 Å². The first-order valence-electron chi connectivity index (χ1n) is 11.7. The quantitative estimate of drug-likeness (QED) is 0.341. The molecule has 0 amide bonds. The summed E-state index contributed by atoms with van der Waals surface area (Å²) in [5, 5.41) is 12.2. The number of fused-ring (bicyclic) bond motifs is 1. The van der Waals surface area contributed by atoms with Crippen molar-refractivity contribution in [1.82, 2.24) is 24.6 Å². The molecule has 3 rings (SSSR count). The van der Waals surface area contributed by atoms with Gasteiger partial charge in [-0.05, 0) is 45.5 Å². The van der Waals surface area contributed by atoms with Gasteiger partial charge in [-0.2, -0.15) is 4.98 Å². The van der Waals surface area contributed by atoms with Crippen LogP contribution in [0.15, 0.2) is 16.9 Å². The summed E-state index contributed by atoms with van der Waals surface area (Å²) < 4.78 is 12.2. The van der Waals surface area contributed by atoms with Gasteiger partial charge in [0.1, 0.15) is 17.0 Å². The molecule has 0 aliphatic carbocycles. The minimum atomic E-state index is -0.301. The molecule has 0 spiro atoms. The maximum Gasteiger partial charge on any atom is 0.260 e. The molecule has 0 saturated carbocycles. The highest BCUT2D eigenvalue weighted by Gasteiger charge is 2.23. The smallest absolute Gasteiger partial charge is 0.260 e. The molecule has 0 saturated heterocycles. The Hall–Kier alpha value is -2.62. The second-order valence-electron chi connectivity index (χ2n) is 7.90. The van der Waals surface area contributed by atoms with E-state index < -0.39 is 0 Å². The summed E-state index contributed by atoms with van der Waals surface area (Å²) in [4.78, 5) is 20.5. The van der Waals surface area contributed by atoms with E-state index in [9.17, 15) is 4.79 Å². The molecular weight excluding hydrogens is 491 g/mol. The molecule has 0 bridgehead atoms. The highest BCUT2D eigenvalue weighted by Crippen LogP contribution is 2.45. The summed E-state index contributed by atoms with van der Waals surface area (Å²) in [5.74, 6) is 1.07. The van der Waals surface area contributed by atoms with Crippen molar-refractivity contribution in [3.63, 3.8) is 0 Å². The van der Waals surface area contributed by atoms with Gasteiger partial charge in [0.25, 0.3) is 5.56 Å². The fourth-order valence-corrected chi connectivity index (χ4v) is 4.63. The number of methoxy groups -OCH3 is 2. The number of pyridine rings is 1. The monoisotopic (exact) mass is 522 g/mol. The standard InChI is InChI=1S/C24H32Cl2N6O3/c1-6-31(7-2)12-10-9-11-27-24-28-22-16(29-30-24)13-15(23(33)32(22)8-3)19-20(25)17(34-4)14-18(35-5)21(19)26/h13-14H,6-12H2,1-5H3,(H,27,28,30). The average Bonchev–Trinajstić information content (AvgIpc) is 2.87. The Morgan fingerprint density at radius 1 is 1.00 bits per heavy atom. The molecule has 1 N–H and O–H groups in total. The lowest BCUT2D eigenvalue weighted by Gasteiger charge is -2.17. The van der Waals surface area contributed by atoms with Crippen LogP contribution in [0.3, 0.4) is 0 Å². The molecule has 0 fully saturated rings. The van der Waals surface area contributed by atoms with Crippen molar-refractivity contribution in [1.29, 1.82) is 0 Å². The van der Waals surface area contributed by atoms with Gasteiger partial charge in [-0.1, -0.05) is 37.0 Å². The number of anilines is 1. The summed E-state index contributed by atoms with van der Waals surface area (Å²) in [6, 6.07) is 3.18. The second-order valence-corrected chi connectivity index (χ2v) is 8.65. The van der Waals surface area contributed by atoms with E-state index in [0.717, 1.165) is 39.0 Å². The Bertz CT molecular complexity index is 1200. The number of unbranched alkanes of at least 4 members (excludes halogenated alkanes) is 1. The highest BCUT2D eigenvalue weighted by atomic mass is 35.5. The fraction of sp³-hybridized carbons (Fsp3) is 0.500. The molecule has 35 heavy (non-hydrogen) atoms. The number of hydrogen-bond acceptors (Lipinski definition) is 8. The first-order valence-corrected chi connectivity index (χ1v) is 12.5. The summed E-state index contributed by atoms with van der Waals surface area (Å²) in [7, 11) is 2.97. The van der Waals surface area contributed by atoms with Crippen molar-refractivity contribution < 1.29 is 9.47 Å². The van der Waals surface area contributed by atoms with Crippen molar-refractivity contribution in [2.45, 2.75) is 40.2 Å². The van der Waals surface area contributed by atoms with Crippen LogP contribution in [0, 0.1) is 0 Å². The predicted octanol–water partition coefficient (Wildman–Crippen LogP) is 4.73. The maximum absolute atomic E-state index is 13.5. The molecule has 0 atom stereocenters. The number of nitrogens with zero attached hydrogens (tertiary/aromatic N) is 5. The highest BCUT2D eigenvalue weighted by molar-refractivity contribution is 6.41. The van der Waals surface area contributed by atoms with Gasteiger partial charge < -0.3 is 19.7 Å². The van der Waals surface area contributed by atoms with E-state index in [2.05, 4.69) is 39.2 Å². The number of ether oxygens (including phenoxy) is 2. The van der Waals surface area contributed by atoms with Gasteiger partial charge in [0.05, 0.1) is 29.8 Å². The Balaban J connectivity index is 1.95. The van der Waals surface area contributed by atoms with Crippen molar-refractivity contribution >= 4 is 40.3 Å². The summed E-state index contributed by atoms with van der Waals surface area (Å²) in [6.07, 6.45) is 2.05. The molecule has 9 nitrogen and oxygen atoms in total.